The number of methoxy groups -OCH3 is 1. The molecule has 1 saturated heterocycles. The van der Waals surface area contributed by atoms with E-state index in [1.54, 1.807) is 0 Å². The van der Waals surface area contributed by atoms with Crippen molar-refractivity contribution in [3.8, 4) is 5.75 Å². The number of nitrogens with one attached hydrogen (secondary N) is 3. The SMILES string of the molecule is COc1ccc(CS(=O)(=O)[C@@H]2C[C@@H](C(=O)NC(C(=O)C(F)(F)C(=O)NCC(F)(F)F)C(C)C)N(C(=O)C(COC(C)(C)C)NC(=O)C(F)(F)c3cccc(Cl)c3)C2)cc1. The van der Waals surface area contributed by atoms with Crippen molar-refractivity contribution in [2.45, 2.75) is 93.8 Å². The van der Waals surface area contributed by atoms with Gasteiger partial charge in [0.15, 0.2) is 9.84 Å². The Balaban J connectivity index is 2.05. The molecule has 1 aliphatic heterocycles. The number of benzene rings is 2. The van der Waals surface area contributed by atoms with Crippen molar-refractivity contribution >= 4 is 50.9 Å². The van der Waals surface area contributed by atoms with Gasteiger partial charge in [0.05, 0.1) is 36.4 Å². The van der Waals surface area contributed by atoms with Crippen LogP contribution in [0.25, 0.3) is 0 Å². The minimum absolute atomic E-state index is 0.149. The third-order valence-corrected chi connectivity index (χ3v) is 11.3. The Morgan fingerprint density at radius 2 is 1.53 bits per heavy atom. The standard InChI is InChI=1S/C37H44ClF7N4O9S/c1-20(2)28(29(50)37(44,45)32(53)46-19-35(39,40)41)48-30(51)27-15-25(59(55,56)18-21-10-12-24(57-6)13-11-21)16-49(27)31(52)26(17-58-34(3,4)5)47-33(54)36(42,43)22-8-7-9-23(38)14-22/h7-14,20,25-28H,15-19H2,1-6H3,(H,46,53)(H,47,54)(H,48,51)/t25-,26?,27+,28?/m1/s1. The number of rotatable bonds is 17. The molecule has 2 unspecified atom stereocenters. The number of nitrogens with zero attached hydrogens (tertiary/aromatic N) is 1. The number of ketones is 1. The Morgan fingerprint density at radius 1 is 0.915 bits per heavy atom. The van der Waals surface area contributed by atoms with Gasteiger partial charge in [0, 0.05) is 17.1 Å². The summed E-state index contributed by atoms with van der Waals surface area (Å²) >= 11 is 5.84. The van der Waals surface area contributed by atoms with Crippen LogP contribution in [0.1, 0.15) is 52.2 Å². The Bertz CT molecular complexity index is 1980. The number of alkyl halides is 7. The van der Waals surface area contributed by atoms with Gasteiger partial charge in [0.25, 0.3) is 11.8 Å². The predicted molar refractivity (Wildman–Crippen MR) is 198 cm³/mol. The van der Waals surface area contributed by atoms with Crippen LogP contribution in [0.2, 0.25) is 5.02 Å². The largest absolute Gasteiger partial charge is 0.497 e. The third-order valence-electron chi connectivity index (χ3n) is 8.93. The normalized spacial score (nSPS) is 17.6. The van der Waals surface area contributed by atoms with Crippen LogP contribution >= 0.6 is 11.6 Å². The van der Waals surface area contributed by atoms with Gasteiger partial charge < -0.3 is 30.3 Å². The number of carbonyl (C=O) groups is 5. The van der Waals surface area contributed by atoms with Gasteiger partial charge in [0.2, 0.25) is 17.6 Å². The summed E-state index contributed by atoms with van der Waals surface area (Å²) in [6.45, 7) is 3.02. The Morgan fingerprint density at radius 3 is 2.05 bits per heavy atom. The summed E-state index contributed by atoms with van der Waals surface area (Å²) in [6.07, 6.45) is -5.86. The van der Waals surface area contributed by atoms with E-state index in [2.05, 4.69) is 0 Å². The van der Waals surface area contributed by atoms with Gasteiger partial charge in [-0.15, -0.1) is 0 Å². The van der Waals surface area contributed by atoms with E-state index in [4.69, 9.17) is 21.1 Å². The molecule has 0 spiro atoms. The highest BCUT2D eigenvalue weighted by molar-refractivity contribution is 7.91. The smallest absolute Gasteiger partial charge is 0.405 e. The molecule has 4 amide bonds. The summed E-state index contributed by atoms with van der Waals surface area (Å²) in [5.41, 5.74) is -1.67. The van der Waals surface area contributed by atoms with Crippen LogP contribution in [0, 0.1) is 5.92 Å². The molecule has 0 saturated carbocycles. The van der Waals surface area contributed by atoms with Crippen LogP contribution in [0.4, 0.5) is 30.7 Å². The molecule has 0 aliphatic carbocycles. The van der Waals surface area contributed by atoms with Gasteiger partial charge in [-0.05, 0) is 62.9 Å². The fourth-order valence-electron chi connectivity index (χ4n) is 5.78. The molecular weight excluding hydrogens is 845 g/mol. The van der Waals surface area contributed by atoms with Crippen molar-refractivity contribution in [3.63, 3.8) is 0 Å². The number of likely N-dealkylation sites (tertiary alicyclic amines) is 1. The third kappa shape index (κ3) is 13.0. The monoisotopic (exact) mass is 888 g/mol. The molecule has 13 nitrogen and oxygen atoms in total. The second-order valence-corrected chi connectivity index (χ2v) is 17.7. The first-order valence-electron chi connectivity index (χ1n) is 17.8. The fraction of sp³-hybridized carbons (Fsp3) is 0.541. The Kier molecular flexibility index (Phi) is 15.6. The highest BCUT2D eigenvalue weighted by Crippen LogP contribution is 2.32. The quantitative estimate of drug-likeness (QED) is 0.154. The molecule has 3 N–H and O–H groups in total. The zero-order valence-corrected chi connectivity index (χ0v) is 34.2. The zero-order chi connectivity index (χ0) is 44.9. The van der Waals surface area contributed by atoms with Crippen molar-refractivity contribution in [2.24, 2.45) is 5.92 Å². The molecule has 2 aromatic rings. The minimum Gasteiger partial charge on any atom is -0.497 e. The van der Waals surface area contributed by atoms with E-state index < -0.39 is 130 Å². The molecule has 22 heteroatoms. The first kappa shape index (κ1) is 48.9. The molecule has 328 valence electrons. The molecule has 2 aromatic carbocycles. The van der Waals surface area contributed by atoms with Gasteiger partial charge in [-0.3, -0.25) is 24.0 Å². The lowest BCUT2D eigenvalue weighted by Crippen LogP contribution is -2.60. The van der Waals surface area contributed by atoms with Gasteiger partial charge in [0.1, 0.15) is 24.4 Å². The molecule has 3 rings (SSSR count). The van der Waals surface area contributed by atoms with Gasteiger partial charge in [-0.1, -0.05) is 49.7 Å². The van der Waals surface area contributed by atoms with Crippen LogP contribution in [-0.2, 0) is 50.2 Å². The zero-order valence-electron chi connectivity index (χ0n) is 32.6. The van der Waals surface area contributed by atoms with E-state index in [0.717, 1.165) is 37.4 Å². The van der Waals surface area contributed by atoms with Crippen LogP contribution in [0.15, 0.2) is 48.5 Å². The van der Waals surface area contributed by atoms with Crippen LogP contribution in [-0.4, -0.2) is 111 Å². The number of halogens is 8. The number of sulfone groups is 1. The number of carbonyl (C=O) groups excluding carboxylic acids is 5. The number of Topliss-reactive ketones (excluding diaryl/α,β-unsaturated/α-hetero) is 1. The summed E-state index contributed by atoms with van der Waals surface area (Å²) in [5.74, 6) is -20.7. The number of amides is 4. The second-order valence-electron chi connectivity index (χ2n) is 15.0. The van der Waals surface area contributed by atoms with E-state index in [9.17, 15) is 54.3 Å². The first-order valence-corrected chi connectivity index (χ1v) is 19.9. The van der Waals surface area contributed by atoms with Gasteiger partial charge >= 0.3 is 18.0 Å². The highest BCUT2D eigenvalue weighted by Gasteiger charge is 2.54. The summed E-state index contributed by atoms with van der Waals surface area (Å²) in [5, 5.41) is 3.05. The number of ether oxygens (including phenoxy) is 2. The topological polar surface area (TPSA) is 177 Å². The predicted octanol–water partition coefficient (Wildman–Crippen LogP) is 4.35. The summed E-state index contributed by atoms with van der Waals surface area (Å²) in [4.78, 5) is 67.1. The molecule has 0 aromatic heterocycles. The van der Waals surface area contributed by atoms with Crippen molar-refractivity contribution in [3.05, 3.63) is 64.7 Å². The second kappa shape index (κ2) is 18.8. The molecular formula is C37H44ClF7N4O9S. The minimum atomic E-state index is -5.12. The Labute approximate surface area is 340 Å². The molecule has 59 heavy (non-hydrogen) atoms. The molecule has 4 atom stereocenters. The molecule has 0 bridgehead atoms. The molecule has 1 heterocycles. The summed E-state index contributed by atoms with van der Waals surface area (Å²) < 4.78 is 137. The lowest BCUT2D eigenvalue weighted by Gasteiger charge is -2.32. The average Bonchev–Trinajstić information content (AvgIpc) is 3.60. The maximum absolute atomic E-state index is 15.5. The van der Waals surface area contributed by atoms with E-state index >= 15 is 8.78 Å². The van der Waals surface area contributed by atoms with Crippen molar-refractivity contribution in [2.75, 3.05) is 26.8 Å². The van der Waals surface area contributed by atoms with Gasteiger partial charge in [-0.2, -0.15) is 30.7 Å². The number of hydrogen-bond acceptors (Lipinski definition) is 9. The van der Waals surface area contributed by atoms with Crippen LogP contribution in [0.3, 0.4) is 0 Å². The van der Waals surface area contributed by atoms with Crippen molar-refractivity contribution in [1.29, 1.82) is 0 Å². The highest BCUT2D eigenvalue weighted by atomic mass is 35.5. The Hall–Kier alpha value is -4.50. The average molecular weight is 889 g/mol. The number of hydrogen-bond donors (Lipinski definition) is 3. The lowest BCUT2D eigenvalue weighted by atomic mass is 9.94. The maximum Gasteiger partial charge on any atom is 0.405 e. The van der Waals surface area contributed by atoms with Gasteiger partial charge in [-0.25, -0.2) is 8.42 Å². The van der Waals surface area contributed by atoms with E-state index in [0.29, 0.717) is 10.6 Å². The van der Waals surface area contributed by atoms with Crippen molar-refractivity contribution in [1.82, 2.24) is 20.9 Å². The van der Waals surface area contributed by atoms with E-state index in [-0.39, 0.29) is 10.6 Å². The lowest BCUT2D eigenvalue weighted by molar-refractivity contribution is -0.165. The maximum atomic E-state index is 15.5. The molecule has 1 aliphatic rings. The summed E-state index contributed by atoms with van der Waals surface area (Å²) in [7, 11) is -2.95. The van der Waals surface area contributed by atoms with Crippen LogP contribution < -0.4 is 20.7 Å². The fourth-order valence-corrected chi connectivity index (χ4v) is 7.72. The summed E-state index contributed by atoms with van der Waals surface area (Å²) in [6, 6.07) is 3.63. The van der Waals surface area contributed by atoms with Crippen LogP contribution in [0.5, 0.6) is 5.75 Å². The molecule has 1 fully saturated rings. The molecule has 0 radical (unpaired) electrons. The first-order chi connectivity index (χ1) is 27.0. The van der Waals surface area contributed by atoms with E-state index in [1.165, 1.54) is 58.2 Å². The van der Waals surface area contributed by atoms with Crippen molar-refractivity contribution < 1.29 is 72.6 Å². The van der Waals surface area contributed by atoms with E-state index in [1.807, 2.05) is 10.6 Å².